The van der Waals surface area contributed by atoms with Crippen LogP contribution in [-0.2, 0) is 13.0 Å². The van der Waals surface area contributed by atoms with Crippen LogP contribution in [0.3, 0.4) is 0 Å². The number of aromatic nitrogens is 2. The number of amides is 1. The first-order valence-electron chi connectivity index (χ1n) is 10.4. The number of rotatable bonds is 4. The van der Waals surface area contributed by atoms with Crippen molar-refractivity contribution in [1.29, 1.82) is 0 Å². The van der Waals surface area contributed by atoms with Gasteiger partial charge in [-0.2, -0.15) is 0 Å². The molecule has 0 radical (unpaired) electrons. The lowest BCUT2D eigenvalue weighted by Gasteiger charge is -2.16. The van der Waals surface area contributed by atoms with E-state index in [1.165, 1.54) is 5.56 Å². The molecule has 6 nitrogen and oxygen atoms in total. The van der Waals surface area contributed by atoms with Gasteiger partial charge in [-0.05, 0) is 36.5 Å². The van der Waals surface area contributed by atoms with Gasteiger partial charge in [0.15, 0.2) is 5.78 Å². The fourth-order valence-corrected chi connectivity index (χ4v) is 4.78. The van der Waals surface area contributed by atoms with Crippen molar-refractivity contribution in [2.45, 2.75) is 19.4 Å². The highest BCUT2D eigenvalue weighted by molar-refractivity contribution is 6.14. The third-order valence-corrected chi connectivity index (χ3v) is 6.23. The zero-order valence-corrected chi connectivity index (χ0v) is 16.7. The molecule has 3 heterocycles. The number of aryl methyl sites for hydroxylation is 1. The summed E-state index contributed by atoms with van der Waals surface area (Å²) in [7, 11) is 0. The number of aromatic amines is 1. The molecule has 1 fully saturated rings. The molecule has 1 amide bonds. The predicted molar refractivity (Wildman–Crippen MR) is 114 cm³/mol. The van der Waals surface area contributed by atoms with E-state index in [9.17, 15) is 9.59 Å². The van der Waals surface area contributed by atoms with E-state index in [0.29, 0.717) is 22.9 Å². The van der Waals surface area contributed by atoms with Crippen molar-refractivity contribution < 1.29 is 9.59 Å². The number of pyridine rings is 1. The number of H-pyrrole nitrogens is 1. The molecule has 1 aliphatic carbocycles. The van der Waals surface area contributed by atoms with Gasteiger partial charge in [0.2, 0.25) is 0 Å². The zero-order valence-electron chi connectivity index (χ0n) is 16.7. The van der Waals surface area contributed by atoms with Gasteiger partial charge in [0.05, 0.1) is 11.1 Å². The number of anilines is 1. The summed E-state index contributed by atoms with van der Waals surface area (Å²) in [5, 5.41) is 2.80. The van der Waals surface area contributed by atoms with E-state index in [-0.39, 0.29) is 17.6 Å². The Bertz CT molecular complexity index is 1060. The van der Waals surface area contributed by atoms with Gasteiger partial charge in [0, 0.05) is 43.6 Å². The molecule has 2 atom stereocenters. The van der Waals surface area contributed by atoms with E-state index in [2.05, 4.69) is 32.3 Å². The van der Waals surface area contributed by atoms with E-state index < -0.39 is 0 Å². The van der Waals surface area contributed by atoms with Gasteiger partial charge in [0.25, 0.3) is 5.91 Å². The van der Waals surface area contributed by atoms with E-state index in [4.69, 9.17) is 0 Å². The largest absolute Gasteiger partial charge is 0.364 e. The minimum atomic E-state index is -0.294. The molecule has 2 unspecified atom stereocenters. The molecule has 1 saturated heterocycles. The maximum Gasteiger partial charge on any atom is 0.259 e. The molecule has 30 heavy (non-hydrogen) atoms. The molecule has 3 aromatic rings. The SMILES string of the molecule is O=C(Nc1ccccn1)c1c[nH]c2c1C(=O)C1CN(Cc3ccccc3)CC1CC2. The Labute approximate surface area is 175 Å². The number of nitrogens with one attached hydrogen (secondary N) is 2. The number of carbonyl (C=O) groups is 2. The first-order chi connectivity index (χ1) is 14.7. The summed E-state index contributed by atoms with van der Waals surface area (Å²) in [4.78, 5) is 36.1. The number of benzene rings is 1. The molecule has 2 N–H and O–H groups in total. The summed E-state index contributed by atoms with van der Waals surface area (Å²) >= 11 is 0. The highest BCUT2D eigenvalue weighted by Crippen LogP contribution is 2.36. The predicted octanol–water partition coefficient (Wildman–Crippen LogP) is 3.54. The molecule has 2 aromatic heterocycles. The maximum atomic E-state index is 13.5. The monoisotopic (exact) mass is 400 g/mol. The van der Waals surface area contributed by atoms with Crippen LogP contribution in [-0.4, -0.2) is 39.6 Å². The fraction of sp³-hybridized carbons (Fsp3) is 0.292. The van der Waals surface area contributed by atoms with Crippen molar-refractivity contribution in [3.05, 3.63) is 83.3 Å². The Morgan fingerprint density at radius 1 is 1.13 bits per heavy atom. The second-order valence-corrected chi connectivity index (χ2v) is 8.17. The van der Waals surface area contributed by atoms with Gasteiger partial charge in [-0.25, -0.2) is 4.98 Å². The lowest BCUT2D eigenvalue weighted by Crippen LogP contribution is -2.25. The van der Waals surface area contributed by atoms with Crippen LogP contribution in [0, 0.1) is 11.8 Å². The van der Waals surface area contributed by atoms with Crippen molar-refractivity contribution in [1.82, 2.24) is 14.9 Å². The third kappa shape index (κ3) is 3.55. The molecule has 5 rings (SSSR count). The van der Waals surface area contributed by atoms with Crippen molar-refractivity contribution >= 4 is 17.5 Å². The normalized spacial score (nSPS) is 21.0. The summed E-state index contributed by atoms with van der Waals surface area (Å²) in [6.07, 6.45) is 5.04. The molecular formula is C24H24N4O2. The summed E-state index contributed by atoms with van der Waals surface area (Å²) in [6, 6.07) is 15.7. The summed E-state index contributed by atoms with van der Waals surface area (Å²) < 4.78 is 0. The lowest BCUT2D eigenvalue weighted by molar-refractivity contribution is 0.0892. The Balaban J connectivity index is 1.36. The van der Waals surface area contributed by atoms with Crippen LogP contribution in [0.4, 0.5) is 5.82 Å². The Kier molecular flexibility index (Phi) is 4.93. The third-order valence-electron chi connectivity index (χ3n) is 6.23. The van der Waals surface area contributed by atoms with E-state index in [1.54, 1.807) is 24.5 Å². The van der Waals surface area contributed by atoms with Crippen molar-refractivity contribution in [3.8, 4) is 0 Å². The number of Topliss-reactive ketones (excluding diaryl/α,β-unsaturated/α-hetero) is 1. The van der Waals surface area contributed by atoms with E-state index >= 15 is 0 Å². The van der Waals surface area contributed by atoms with Crippen molar-refractivity contribution in [3.63, 3.8) is 0 Å². The van der Waals surface area contributed by atoms with Gasteiger partial charge in [-0.15, -0.1) is 0 Å². The summed E-state index contributed by atoms with van der Waals surface area (Å²) in [6.45, 7) is 2.52. The fourth-order valence-electron chi connectivity index (χ4n) is 4.78. The van der Waals surface area contributed by atoms with E-state index in [1.807, 2.05) is 24.3 Å². The number of ketones is 1. The molecular weight excluding hydrogens is 376 g/mol. The standard InChI is InChI=1S/C24H24N4O2/c29-23-19-15-28(13-16-6-2-1-3-7-16)14-17(19)9-10-20-22(23)18(12-26-20)24(30)27-21-8-4-5-11-25-21/h1-8,11-12,17,19,26H,9-10,13-15H2,(H,25,27,30). The van der Waals surface area contributed by atoms with Crippen LogP contribution in [0.1, 0.15) is 38.4 Å². The number of carbonyl (C=O) groups excluding carboxylic acids is 2. The minimum absolute atomic E-state index is 0.0628. The first kappa shape index (κ1) is 18.8. The molecule has 0 bridgehead atoms. The van der Waals surface area contributed by atoms with Crippen molar-refractivity contribution in [2.24, 2.45) is 11.8 Å². The molecule has 6 heteroatoms. The number of fused-ring (bicyclic) bond motifs is 2. The van der Waals surface area contributed by atoms with Gasteiger partial charge in [-0.3, -0.25) is 14.5 Å². The second kappa shape index (κ2) is 7.88. The second-order valence-electron chi connectivity index (χ2n) is 8.17. The average molecular weight is 400 g/mol. The smallest absolute Gasteiger partial charge is 0.259 e. The first-order valence-corrected chi connectivity index (χ1v) is 10.4. The molecule has 2 aliphatic rings. The number of nitrogens with zero attached hydrogens (tertiary/aromatic N) is 2. The average Bonchev–Trinajstić information content (AvgIpc) is 3.34. The molecule has 0 saturated carbocycles. The minimum Gasteiger partial charge on any atom is -0.364 e. The topological polar surface area (TPSA) is 78.1 Å². The molecule has 1 aliphatic heterocycles. The van der Waals surface area contributed by atoms with Crippen molar-refractivity contribution in [2.75, 3.05) is 18.4 Å². The molecule has 0 spiro atoms. The highest BCUT2D eigenvalue weighted by Gasteiger charge is 2.42. The molecule has 152 valence electrons. The number of hydrogen-bond acceptors (Lipinski definition) is 4. The maximum absolute atomic E-state index is 13.5. The Morgan fingerprint density at radius 3 is 2.77 bits per heavy atom. The summed E-state index contributed by atoms with van der Waals surface area (Å²) in [5.41, 5.74) is 3.13. The highest BCUT2D eigenvalue weighted by atomic mass is 16.2. The number of hydrogen-bond donors (Lipinski definition) is 2. The lowest BCUT2D eigenvalue weighted by atomic mass is 9.88. The number of likely N-dealkylation sites (tertiary alicyclic amines) is 1. The van der Waals surface area contributed by atoms with Gasteiger partial charge in [0.1, 0.15) is 5.82 Å². The van der Waals surface area contributed by atoms with Crippen LogP contribution < -0.4 is 5.32 Å². The van der Waals surface area contributed by atoms with Crippen LogP contribution in [0.15, 0.2) is 60.9 Å². The summed E-state index contributed by atoms with van der Waals surface area (Å²) in [5.74, 6) is 0.541. The van der Waals surface area contributed by atoms with Crippen LogP contribution >= 0.6 is 0 Å². The Morgan fingerprint density at radius 2 is 1.97 bits per heavy atom. The molecule has 1 aromatic carbocycles. The van der Waals surface area contributed by atoms with Crippen LogP contribution in [0.2, 0.25) is 0 Å². The van der Waals surface area contributed by atoms with Gasteiger partial charge < -0.3 is 10.3 Å². The van der Waals surface area contributed by atoms with Crippen LogP contribution in [0.5, 0.6) is 0 Å². The zero-order chi connectivity index (χ0) is 20.5. The van der Waals surface area contributed by atoms with Crippen LogP contribution in [0.25, 0.3) is 0 Å². The van der Waals surface area contributed by atoms with Gasteiger partial charge in [-0.1, -0.05) is 36.4 Å². The quantitative estimate of drug-likeness (QED) is 0.702. The van der Waals surface area contributed by atoms with Gasteiger partial charge >= 0.3 is 0 Å². The Hall–Kier alpha value is -3.25. The van der Waals surface area contributed by atoms with E-state index in [0.717, 1.165) is 38.2 Å².